The predicted molar refractivity (Wildman–Crippen MR) is 97.4 cm³/mol. The van der Waals surface area contributed by atoms with Gasteiger partial charge >= 0.3 is 0 Å². The molecule has 1 aliphatic carbocycles. The van der Waals surface area contributed by atoms with Crippen molar-refractivity contribution < 1.29 is 14.3 Å². The minimum atomic E-state index is -0.134. The second-order valence-electron chi connectivity index (χ2n) is 7.05. The van der Waals surface area contributed by atoms with Gasteiger partial charge in [0, 0.05) is 52.0 Å². The Morgan fingerprint density at radius 1 is 1.04 bits per heavy atom. The number of amides is 2. The van der Waals surface area contributed by atoms with Gasteiger partial charge in [0.15, 0.2) is 0 Å². The van der Waals surface area contributed by atoms with Crippen LogP contribution in [0.4, 0.5) is 0 Å². The number of nitrogens with one attached hydrogen (secondary N) is 2. The van der Waals surface area contributed by atoms with Gasteiger partial charge in [-0.05, 0) is 40.0 Å². The maximum atomic E-state index is 12.3. The third-order valence-electron chi connectivity index (χ3n) is 5.10. The standard InChI is InChI=1S/C18H34N4O3/c1-4-25-13-5-8-19-17(23)14(2)21-9-11-22(12-10-21)15(3)18(24)20-16-6-7-16/h14-16H,4-13H2,1-3H3,(H,19,23)(H,20,24). The van der Waals surface area contributed by atoms with Crippen LogP contribution < -0.4 is 10.6 Å². The van der Waals surface area contributed by atoms with Crippen LogP contribution >= 0.6 is 0 Å². The Hall–Kier alpha value is -1.18. The molecule has 0 spiro atoms. The molecule has 2 atom stereocenters. The minimum Gasteiger partial charge on any atom is -0.382 e. The van der Waals surface area contributed by atoms with Crippen molar-refractivity contribution in [2.45, 2.75) is 58.2 Å². The fraction of sp³-hybridized carbons (Fsp3) is 0.889. The van der Waals surface area contributed by atoms with Crippen molar-refractivity contribution in [2.24, 2.45) is 0 Å². The maximum Gasteiger partial charge on any atom is 0.237 e. The molecule has 7 heteroatoms. The van der Waals surface area contributed by atoms with E-state index in [1.807, 2.05) is 20.8 Å². The average Bonchev–Trinajstić information content (AvgIpc) is 3.44. The fourth-order valence-corrected chi connectivity index (χ4v) is 3.07. The molecule has 2 N–H and O–H groups in total. The molecule has 144 valence electrons. The van der Waals surface area contributed by atoms with Crippen molar-refractivity contribution in [2.75, 3.05) is 45.9 Å². The summed E-state index contributed by atoms with van der Waals surface area (Å²) in [6, 6.07) is 0.179. The van der Waals surface area contributed by atoms with Gasteiger partial charge in [-0.15, -0.1) is 0 Å². The van der Waals surface area contributed by atoms with Gasteiger partial charge in [0.05, 0.1) is 12.1 Å². The number of carbonyl (C=O) groups is 2. The molecule has 1 heterocycles. The van der Waals surface area contributed by atoms with Crippen LogP contribution in [-0.2, 0) is 14.3 Å². The Kier molecular flexibility index (Phi) is 8.12. The lowest BCUT2D eigenvalue weighted by Crippen LogP contribution is -2.57. The third-order valence-corrected chi connectivity index (χ3v) is 5.10. The average molecular weight is 354 g/mol. The van der Waals surface area contributed by atoms with Crippen LogP contribution in [-0.4, -0.2) is 85.7 Å². The molecule has 0 aromatic rings. The Morgan fingerprint density at radius 3 is 2.12 bits per heavy atom. The van der Waals surface area contributed by atoms with E-state index in [2.05, 4.69) is 20.4 Å². The number of nitrogens with zero attached hydrogens (tertiary/aromatic N) is 2. The predicted octanol–water partition coefficient (Wildman–Crippen LogP) is 0.202. The summed E-state index contributed by atoms with van der Waals surface area (Å²) in [4.78, 5) is 28.8. The van der Waals surface area contributed by atoms with Gasteiger partial charge in [-0.2, -0.15) is 0 Å². The highest BCUT2D eigenvalue weighted by Crippen LogP contribution is 2.19. The number of carbonyl (C=O) groups excluding carboxylic acids is 2. The quantitative estimate of drug-likeness (QED) is 0.549. The molecule has 1 saturated carbocycles. The number of hydrogen-bond donors (Lipinski definition) is 2. The zero-order valence-electron chi connectivity index (χ0n) is 15.9. The summed E-state index contributed by atoms with van der Waals surface area (Å²) in [5.41, 5.74) is 0. The maximum absolute atomic E-state index is 12.3. The zero-order valence-corrected chi connectivity index (χ0v) is 15.9. The van der Waals surface area contributed by atoms with E-state index < -0.39 is 0 Å². The van der Waals surface area contributed by atoms with Crippen molar-refractivity contribution in [1.82, 2.24) is 20.4 Å². The van der Waals surface area contributed by atoms with Crippen molar-refractivity contribution in [3.8, 4) is 0 Å². The van der Waals surface area contributed by atoms with Crippen LogP contribution in [0.1, 0.15) is 40.0 Å². The lowest BCUT2D eigenvalue weighted by molar-refractivity contribution is -0.129. The summed E-state index contributed by atoms with van der Waals surface area (Å²) in [5, 5.41) is 6.05. The van der Waals surface area contributed by atoms with E-state index in [0.29, 0.717) is 25.8 Å². The van der Waals surface area contributed by atoms with Crippen molar-refractivity contribution in [3.05, 3.63) is 0 Å². The summed E-state index contributed by atoms with van der Waals surface area (Å²) in [5.74, 6) is 0.209. The highest BCUT2D eigenvalue weighted by molar-refractivity contribution is 5.82. The SMILES string of the molecule is CCOCCCNC(=O)C(C)N1CCN(C(C)C(=O)NC2CC2)CC1. The number of hydrogen-bond acceptors (Lipinski definition) is 5. The molecule has 2 rings (SSSR count). The largest absolute Gasteiger partial charge is 0.382 e. The van der Waals surface area contributed by atoms with Gasteiger partial charge in [0.2, 0.25) is 11.8 Å². The second-order valence-corrected chi connectivity index (χ2v) is 7.05. The molecule has 2 unspecified atom stereocenters. The van der Waals surface area contributed by atoms with Crippen LogP contribution in [0.5, 0.6) is 0 Å². The molecular weight excluding hydrogens is 320 g/mol. The van der Waals surface area contributed by atoms with Crippen LogP contribution in [0, 0.1) is 0 Å². The lowest BCUT2D eigenvalue weighted by Gasteiger charge is -2.39. The summed E-state index contributed by atoms with van der Waals surface area (Å²) < 4.78 is 5.27. The normalized spacial score (nSPS) is 21.6. The topological polar surface area (TPSA) is 73.9 Å². The Balaban J connectivity index is 1.65. The van der Waals surface area contributed by atoms with E-state index in [1.165, 1.54) is 0 Å². The molecular formula is C18H34N4O3. The van der Waals surface area contributed by atoms with E-state index in [9.17, 15) is 9.59 Å². The van der Waals surface area contributed by atoms with E-state index >= 15 is 0 Å². The lowest BCUT2D eigenvalue weighted by atomic mass is 10.1. The van der Waals surface area contributed by atoms with Gasteiger partial charge in [0.1, 0.15) is 0 Å². The minimum absolute atomic E-state index is 0.0736. The smallest absolute Gasteiger partial charge is 0.237 e. The van der Waals surface area contributed by atoms with E-state index in [-0.39, 0.29) is 23.9 Å². The first-order valence-electron chi connectivity index (χ1n) is 9.66. The Morgan fingerprint density at radius 2 is 1.60 bits per heavy atom. The fourth-order valence-electron chi connectivity index (χ4n) is 3.07. The molecule has 0 aromatic carbocycles. The summed E-state index contributed by atoms with van der Waals surface area (Å²) in [6.07, 6.45) is 3.07. The second kappa shape index (κ2) is 10.1. The van der Waals surface area contributed by atoms with Crippen LogP contribution in [0.25, 0.3) is 0 Å². The molecule has 0 radical (unpaired) electrons. The molecule has 1 saturated heterocycles. The van der Waals surface area contributed by atoms with Gasteiger partial charge in [-0.3, -0.25) is 19.4 Å². The van der Waals surface area contributed by atoms with E-state index in [0.717, 1.165) is 45.4 Å². The summed E-state index contributed by atoms with van der Waals surface area (Å²) in [7, 11) is 0. The van der Waals surface area contributed by atoms with Crippen LogP contribution in [0.3, 0.4) is 0 Å². The molecule has 2 amide bonds. The molecule has 2 fully saturated rings. The molecule has 0 aromatic heterocycles. The van der Waals surface area contributed by atoms with Gasteiger partial charge in [0.25, 0.3) is 0 Å². The first-order chi connectivity index (χ1) is 12.0. The first kappa shape index (κ1) is 20.1. The molecule has 1 aliphatic heterocycles. The Bertz CT molecular complexity index is 434. The number of ether oxygens (including phenoxy) is 1. The summed E-state index contributed by atoms with van der Waals surface area (Å²) >= 11 is 0. The van der Waals surface area contributed by atoms with Crippen LogP contribution in [0.2, 0.25) is 0 Å². The zero-order chi connectivity index (χ0) is 18.2. The molecule has 0 bridgehead atoms. The molecule has 2 aliphatic rings. The van der Waals surface area contributed by atoms with Crippen molar-refractivity contribution in [1.29, 1.82) is 0 Å². The Labute approximate surface area is 151 Å². The van der Waals surface area contributed by atoms with E-state index in [1.54, 1.807) is 0 Å². The van der Waals surface area contributed by atoms with E-state index in [4.69, 9.17) is 4.74 Å². The molecule has 25 heavy (non-hydrogen) atoms. The monoisotopic (exact) mass is 354 g/mol. The highest BCUT2D eigenvalue weighted by atomic mass is 16.5. The molecule has 7 nitrogen and oxygen atoms in total. The van der Waals surface area contributed by atoms with Crippen LogP contribution in [0.15, 0.2) is 0 Å². The van der Waals surface area contributed by atoms with Crippen molar-refractivity contribution >= 4 is 11.8 Å². The summed E-state index contributed by atoms with van der Waals surface area (Å²) in [6.45, 7) is 11.2. The van der Waals surface area contributed by atoms with Gasteiger partial charge < -0.3 is 15.4 Å². The number of piperazine rings is 1. The van der Waals surface area contributed by atoms with Gasteiger partial charge in [-0.25, -0.2) is 0 Å². The van der Waals surface area contributed by atoms with Gasteiger partial charge in [-0.1, -0.05) is 0 Å². The number of rotatable bonds is 10. The first-order valence-corrected chi connectivity index (χ1v) is 9.66. The van der Waals surface area contributed by atoms with Crippen molar-refractivity contribution in [3.63, 3.8) is 0 Å². The highest BCUT2D eigenvalue weighted by Gasteiger charge is 2.31. The third kappa shape index (κ3) is 6.56.